The summed E-state index contributed by atoms with van der Waals surface area (Å²) in [5.41, 5.74) is -1.75. The van der Waals surface area contributed by atoms with Crippen LogP contribution in [0.5, 0.6) is 0 Å². The van der Waals surface area contributed by atoms with Crippen LogP contribution in [0.15, 0.2) is 16.7 Å². The number of imidazole rings is 1. The number of nitrogens with zero attached hydrogens (tertiary/aromatic N) is 4. The Bertz CT molecular complexity index is 1050. The second-order valence-electron chi connectivity index (χ2n) is 7.20. The number of fused-ring (bicyclic) bond motifs is 1. The number of pyridine rings is 1. The zero-order valence-corrected chi connectivity index (χ0v) is 18.5. The zero-order chi connectivity index (χ0) is 22.5. The van der Waals surface area contributed by atoms with Crippen molar-refractivity contribution in [1.29, 1.82) is 0 Å². The van der Waals surface area contributed by atoms with Gasteiger partial charge < -0.3 is 14.4 Å². The molecule has 0 saturated carbocycles. The molecule has 2 aromatic rings. The van der Waals surface area contributed by atoms with E-state index in [0.29, 0.717) is 19.6 Å². The number of halogens is 5. The van der Waals surface area contributed by atoms with Gasteiger partial charge in [0.2, 0.25) is 0 Å². The number of ether oxygens (including phenoxy) is 2. The zero-order valence-electron chi connectivity index (χ0n) is 16.2. The molecule has 2 aliphatic rings. The van der Waals surface area contributed by atoms with Crippen LogP contribution in [0.2, 0.25) is 5.15 Å². The molecule has 0 aliphatic carbocycles. The third kappa shape index (κ3) is 3.96. The fourth-order valence-electron chi connectivity index (χ4n) is 3.96. The number of aromatic nitrogens is 2. The van der Waals surface area contributed by atoms with Crippen molar-refractivity contribution in [2.75, 3.05) is 33.4 Å². The molecule has 0 radical (unpaired) electrons. The minimum atomic E-state index is -4.68. The Kier molecular flexibility index (Phi) is 5.81. The number of methoxy groups -OCH3 is 1. The fourth-order valence-corrected chi connectivity index (χ4v) is 4.65. The van der Waals surface area contributed by atoms with Gasteiger partial charge in [-0.05, 0) is 28.4 Å². The molecular weight excluding hydrogens is 509 g/mol. The lowest BCUT2D eigenvalue weighted by Gasteiger charge is -2.40. The van der Waals surface area contributed by atoms with Crippen LogP contribution in [0, 0.1) is 0 Å². The van der Waals surface area contributed by atoms with Gasteiger partial charge in [0.1, 0.15) is 11.8 Å². The monoisotopic (exact) mass is 524 g/mol. The summed E-state index contributed by atoms with van der Waals surface area (Å²) in [7, 11) is 1.47. The van der Waals surface area contributed by atoms with Crippen LogP contribution in [0.3, 0.4) is 0 Å². The molecule has 2 atom stereocenters. The van der Waals surface area contributed by atoms with E-state index in [1.807, 2.05) is 0 Å². The lowest BCUT2D eigenvalue weighted by molar-refractivity contribution is -0.136. The summed E-state index contributed by atoms with van der Waals surface area (Å²) < 4.78 is 52.0. The molecule has 2 amide bonds. The van der Waals surface area contributed by atoms with E-state index >= 15 is 0 Å². The molecule has 0 bridgehead atoms. The molecule has 2 aliphatic heterocycles. The molecule has 0 spiro atoms. The Labute approximate surface area is 188 Å². The van der Waals surface area contributed by atoms with Crippen molar-refractivity contribution in [3.05, 3.63) is 33.1 Å². The van der Waals surface area contributed by atoms with Crippen LogP contribution in [0.4, 0.5) is 18.0 Å². The number of alkyl halides is 3. The first-order chi connectivity index (χ1) is 14.6. The average molecular weight is 526 g/mol. The highest BCUT2D eigenvalue weighted by atomic mass is 79.9. The number of piperidine rings is 1. The lowest BCUT2D eigenvalue weighted by Crippen LogP contribution is -2.56. The van der Waals surface area contributed by atoms with Gasteiger partial charge in [0.15, 0.2) is 11.3 Å². The molecular formula is C18H17BrClF3N4O4. The molecule has 8 nitrogen and oxygen atoms in total. The summed E-state index contributed by atoms with van der Waals surface area (Å²) >= 11 is 9.28. The van der Waals surface area contributed by atoms with Crippen LogP contribution >= 0.6 is 27.5 Å². The smallest absolute Gasteiger partial charge is 0.420 e. The normalized spacial score (nSPS) is 22.3. The van der Waals surface area contributed by atoms with Gasteiger partial charge in [0.05, 0.1) is 24.3 Å². The van der Waals surface area contributed by atoms with E-state index in [0.717, 1.165) is 10.5 Å². The summed E-state index contributed by atoms with van der Waals surface area (Å²) in [5.74, 6) is -0.609. The molecule has 2 saturated heterocycles. The Hall–Kier alpha value is -2.05. The Balaban J connectivity index is 1.63. The highest BCUT2D eigenvalue weighted by Gasteiger charge is 2.41. The first kappa shape index (κ1) is 22.2. The van der Waals surface area contributed by atoms with E-state index in [2.05, 4.69) is 20.9 Å². The maximum Gasteiger partial charge on any atom is 0.420 e. The number of hydrogen-bond acceptors (Lipinski definition) is 5. The summed E-state index contributed by atoms with van der Waals surface area (Å²) in [6, 6.07) is 0.613. The molecule has 13 heteroatoms. The van der Waals surface area contributed by atoms with E-state index in [4.69, 9.17) is 21.1 Å². The van der Waals surface area contributed by atoms with Gasteiger partial charge >= 0.3 is 12.3 Å². The quantitative estimate of drug-likeness (QED) is 0.614. The van der Waals surface area contributed by atoms with Gasteiger partial charge in [-0.3, -0.25) is 14.1 Å². The van der Waals surface area contributed by atoms with Gasteiger partial charge in [-0.15, -0.1) is 0 Å². The summed E-state index contributed by atoms with van der Waals surface area (Å²) in [6.45, 7) is 1.12. The maximum absolute atomic E-state index is 13.4. The van der Waals surface area contributed by atoms with Crippen LogP contribution < -0.4 is 0 Å². The highest BCUT2D eigenvalue weighted by molar-refractivity contribution is 9.10. The third-order valence-corrected chi connectivity index (χ3v) is 6.24. The molecule has 0 N–H and O–H groups in total. The topological polar surface area (TPSA) is 76.4 Å². The average Bonchev–Trinajstić information content (AvgIpc) is 3.29. The second-order valence-corrected chi connectivity index (χ2v) is 8.48. The van der Waals surface area contributed by atoms with Crippen molar-refractivity contribution in [2.24, 2.45) is 0 Å². The van der Waals surface area contributed by atoms with Crippen molar-refractivity contribution in [1.82, 2.24) is 19.2 Å². The van der Waals surface area contributed by atoms with Gasteiger partial charge in [0, 0.05) is 30.9 Å². The molecule has 4 rings (SSSR count). The van der Waals surface area contributed by atoms with Crippen molar-refractivity contribution in [3.63, 3.8) is 0 Å². The van der Waals surface area contributed by atoms with Crippen LogP contribution in [-0.4, -0.2) is 76.7 Å². The number of amides is 2. The standard InChI is InChI=1S/C18H17BrClF3N4O4/c1-30-12-8-25(3-2-11(12)26-4-5-31-17(26)29)16(28)13-14(20)27-7-9(19)6-10(15(27)24-13)18(21,22)23/h6-7,11-12H,2-5,8H2,1H3. The van der Waals surface area contributed by atoms with Crippen molar-refractivity contribution < 1.29 is 32.2 Å². The van der Waals surface area contributed by atoms with Crippen LogP contribution in [0.1, 0.15) is 22.5 Å². The first-order valence-corrected chi connectivity index (χ1v) is 10.5. The largest absolute Gasteiger partial charge is 0.448 e. The van der Waals surface area contributed by atoms with E-state index < -0.39 is 35.5 Å². The van der Waals surface area contributed by atoms with Gasteiger partial charge in [-0.1, -0.05) is 11.6 Å². The van der Waals surface area contributed by atoms with E-state index in [1.54, 1.807) is 4.90 Å². The minimum absolute atomic E-state index is 0.129. The Morgan fingerprint density at radius 2 is 2.13 bits per heavy atom. The first-order valence-electron chi connectivity index (χ1n) is 9.31. The maximum atomic E-state index is 13.4. The van der Waals surface area contributed by atoms with Crippen molar-refractivity contribution >= 4 is 45.2 Å². The SMILES string of the molecule is COC1CN(C(=O)c2nc3c(C(F)(F)F)cc(Br)cn3c2Cl)CCC1N1CCOC1=O. The van der Waals surface area contributed by atoms with Gasteiger partial charge in [-0.2, -0.15) is 13.2 Å². The Morgan fingerprint density at radius 1 is 1.39 bits per heavy atom. The van der Waals surface area contributed by atoms with E-state index in [9.17, 15) is 22.8 Å². The van der Waals surface area contributed by atoms with E-state index in [-0.39, 0.29) is 34.5 Å². The molecule has 168 valence electrons. The van der Waals surface area contributed by atoms with Crippen molar-refractivity contribution in [3.8, 4) is 0 Å². The van der Waals surface area contributed by atoms with Gasteiger partial charge in [0.25, 0.3) is 5.91 Å². The van der Waals surface area contributed by atoms with Crippen LogP contribution in [-0.2, 0) is 15.7 Å². The van der Waals surface area contributed by atoms with Gasteiger partial charge in [-0.25, -0.2) is 9.78 Å². The molecule has 2 aromatic heterocycles. The molecule has 2 unspecified atom stereocenters. The summed E-state index contributed by atoms with van der Waals surface area (Å²) in [4.78, 5) is 31.9. The summed E-state index contributed by atoms with van der Waals surface area (Å²) in [5, 5.41) is -0.217. The highest BCUT2D eigenvalue weighted by Crippen LogP contribution is 2.36. The van der Waals surface area contributed by atoms with E-state index in [1.165, 1.54) is 18.2 Å². The number of hydrogen-bond donors (Lipinski definition) is 0. The molecule has 4 heterocycles. The lowest BCUT2D eigenvalue weighted by atomic mass is 10.00. The second kappa shape index (κ2) is 8.14. The van der Waals surface area contributed by atoms with Crippen LogP contribution in [0.25, 0.3) is 5.65 Å². The van der Waals surface area contributed by atoms with Crippen molar-refractivity contribution in [2.45, 2.75) is 24.7 Å². The number of likely N-dealkylation sites (tertiary alicyclic amines) is 1. The number of carbonyl (C=O) groups excluding carboxylic acids is 2. The Morgan fingerprint density at radius 3 is 2.74 bits per heavy atom. The molecule has 31 heavy (non-hydrogen) atoms. The third-order valence-electron chi connectivity index (χ3n) is 5.44. The number of cyclic esters (lactones) is 1. The number of rotatable bonds is 3. The summed E-state index contributed by atoms with van der Waals surface area (Å²) in [6.07, 6.45) is -3.85. The molecule has 2 fully saturated rings. The molecule has 0 aromatic carbocycles. The predicted octanol–water partition coefficient (Wildman–Crippen LogP) is 3.45. The fraction of sp³-hybridized carbons (Fsp3) is 0.500. The predicted molar refractivity (Wildman–Crippen MR) is 106 cm³/mol. The number of carbonyl (C=O) groups is 2. The minimum Gasteiger partial charge on any atom is -0.448 e.